The average Bonchev–Trinajstić information content (AvgIpc) is 3.12. The molecular formula is C20H18N2O2S2. The molecule has 0 saturated carbocycles. The first kappa shape index (κ1) is 17.0. The minimum atomic E-state index is -3.64. The molecule has 0 aromatic heterocycles. The highest BCUT2D eigenvalue weighted by Crippen LogP contribution is 2.34. The summed E-state index contributed by atoms with van der Waals surface area (Å²) in [6.45, 7) is 0.850. The monoisotopic (exact) mass is 382 g/mol. The molecule has 1 heterocycles. The van der Waals surface area contributed by atoms with Gasteiger partial charge in [0.2, 0.25) is 0 Å². The Kier molecular flexibility index (Phi) is 4.61. The van der Waals surface area contributed by atoms with Crippen LogP contribution < -0.4 is 10.0 Å². The second-order valence-corrected chi connectivity index (χ2v) is 8.81. The standard InChI is InChI=1S/C20H18N2O2S2/c23-26(24,17-10-11-18-15(14-17)12-13-21-18)22-19-8-4-5-9-20(19)25-16-6-2-1-3-7-16/h1-11,14,21-22H,12-13H2. The van der Waals surface area contributed by atoms with E-state index >= 15 is 0 Å². The van der Waals surface area contributed by atoms with Crippen LogP contribution in [0.15, 0.2) is 87.5 Å². The number of nitrogens with one attached hydrogen (secondary N) is 2. The second-order valence-electron chi connectivity index (χ2n) is 6.01. The van der Waals surface area contributed by atoms with E-state index in [2.05, 4.69) is 10.0 Å². The Morgan fingerprint density at radius 1 is 0.923 bits per heavy atom. The van der Waals surface area contributed by atoms with Crippen LogP contribution in [0.2, 0.25) is 0 Å². The molecule has 1 aliphatic rings. The Hall–Kier alpha value is -2.44. The molecule has 26 heavy (non-hydrogen) atoms. The van der Waals surface area contributed by atoms with Crippen molar-refractivity contribution in [1.82, 2.24) is 0 Å². The minimum absolute atomic E-state index is 0.291. The quantitative estimate of drug-likeness (QED) is 0.677. The maximum atomic E-state index is 12.9. The van der Waals surface area contributed by atoms with Crippen molar-refractivity contribution in [2.24, 2.45) is 0 Å². The number of fused-ring (bicyclic) bond motifs is 1. The summed E-state index contributed by atoms with van der Waals surface area (Å²) < 4.78 is 28.5. The van der Waals surface area contributed by atoms with E-state index < -0.39 is 10.0 Å². The topological polar surface area (TPSA) is 58.2 Å². The van der Waals surface area contributed by atoms with E-state index in [1.807, 2.05) is 54.6 Å². The van der Waals surface area contributed by atoms with E-state index in [9.17, 15) is 8.42 Å². The molecule has 0 bridgehead atoms. The smallest absolute Gasteiger partial charge is 0.261 e. The van der Waals surface area contributed by atoms with Gasteiger partial charge in [0.25, 0.3) is 10.0 Å². The molecule has 0 atom stereocenters. The van der Waals surface area contributed by atoms with Gasteiger partial charge in [0.05, 0.1) is 10.6 Å². The summed E-state index contributed by atoms with van der Waals surface area (Å²) >= 11 is 1.53. The summed E-state index contributed by atoms with van der Waals surface area (Å²) in [7, 11) is -3.64. The number of hydrogen-bond donors (Lipinski definition) is 2. The van der Waals surface area contributed by atoms with E-state index in [0.29, 0.717) is 10.6 Å². The van der Waals surface area contributed by atoms with Crippen LogP contribution in [0.5, 0.6) is 0 Å². The molecular weight excluding hydrogens is 364 g/mol. The van der Waals surface area contributed by atoms with E-state index in [4.69, 9.17) is 0 Å². The number of anilines is 2. The lowest BCUT2D eigenvalue weighted by Gasteiger charge is -2.13. The Bertz CT molecular complexity index is 1030. The van der Waals surface area contributed by atoms with Gasteiger partial charge in [0.15, 0.2) is 0 Å². The Morgan fingerprint density at radius 2 is 1.69 bits per heavy atom. The fraction of sp³-hybridized carbons (Fsp3) is 0.100. The van der Waals surface area contributed by atoms with Crippen molar-refractivity contribution in [2.45, 2.75) is 21.1 Å². The van der Waals surface area contributed by atoms with Gasteiger partial charge in [-0.1, -0.05) is 42.1 Å². The molecule has 3 aromatic rings. The predicted octanol–water partition coefficient (Wildman–Crippen LogP) is 4.61. The van der Waals surface area contributed by atoms with E-state index in [-0.39, 0.29) is 0 Å². The van der Waals surface area contributed by atoms with Crippen LogP contribution in [0.1, 0.15) is 5.56 Å². The van der Waals surface area contributed by atoms with Crippen molar-refractivity contribution in [3.63, 3.8) is 0 Å². The number of hydrogen-bond acceptors (Lipinski definition) is 4. The van der Waals surface area contributed by atoms with Gasteiger partial charge in [-0.25, -0.2) is 8.42 Å². The van der Waals surface area contributed by atoms with E-state index in [1.165, 1.54) is 11.8 Å². The highest BCUT2D eigenvalue weighted by molar-refractivity contribution is 7.99. The van der Waals surface area contributed by atoms with Crippen molar-refractivity contribution in [2.75, 3.05) is 16.6 Å². The SMILES string of the molecule is O=S(=O)(Nc1ccccc1Sc1ccccc1)c1ccc2c(c1)CCN2. The molecule has 0 amide bonds. The van der Waals surface area contributed by atoms with Crippen LogP contribution in [0.25, 0.3) is 0 Å². The van der Waals surface area contributed by atoms with Gasteiger partial charge in [-0.3, -0.25) is 4.72 Å². The largest absolute Gasteiger partial charge is 0.384 e. The van der Waals surface area contributed by atoms with Gasteiger partial charge in [0, 0.05) is 22.0 Å². The van der Waals surface area contributed by atoms with Crippen LogP contribution in [0.4, 0.5) is 11.4 Å². The third-order valence-corrected chi connectivity index (χ3v) is 6.65. The summed E-state index contributed by atoms with van der Waals surface area (Å²) in [6.07, 6.45) is 0.846. The molecule has 0 unspecified atom stereocenters. The van der Waals surface area contributed by atoms with Crippen molar-refractivity contribution in [3.05, 3.63) is 78.4 Å². The molecule has 2 N–H and O–H groups in total. The molecule has 6 heteroatoms. The number of rotatable bonds is 5. The lowest BCUT2D eigenvalue weighted by molar-refractivity contribution is 0.601. The van der Waals surface area contributed by atoms with Crippen LogP contribution >= 0.6 is 11.8 Å². The third kappa shape index (κ3) is 3.57. The second kappa shape index (κ2) is 7.05. The molecule has 0 spiro atoms. The fourth-order valence-corrected chi connectivity index (χ4v) is 5.02. The van der Waals surface area contributed by atoms with Gasteiger partial charge >= 0.3 is 0 Å². The van der Waals surface area contributed by atoms with Gasteiger partial charge < -0.3 is 5.32 Å². The van der Waals surface area contributed by atoms with Gasteiger partial charge in [0.1, 0.15) is 0 Å². The minimum Gasteiger partial charge on any atom is -0.384 e. The molecule has 4 rings (SSSR count). The highest BCUT2D eigenvalue weighted by Gasteiger charge is 2.19. The Labute approximate surface area is 157 Å². The lowest BCUT2D eigenvalue weighted by Crippen LogP contribution is -2.13. The molecule has 0 saturated heterocycles. The predicted molar refractivity (Wildman–Crippen MR) is 106 cm³/mol. The van der Waals surface area contributed by atoms with Crippen LogP contribution in [-0.2, 0) is 16.4 Å². The van der Waals surface area contributed by atoms with Gasteiger partial charge in [-0.15, -0.1) is 0 Å². The normalized spacial score (nSPS) is 13.1. The maximum absolute atomic E-state index is 12.9. The van der Waals surface area contributed by atoms with Crippen molar-refractivity contribution in [3.8, 4) is 0 Å². The van der Waals surface area contributed by atoms with Crippen LogP contribution in [0.3, 0.4) is 0 Å². The first-order chi connectivity index (χ1) is 12.6. The molecule has 1 aliphatic heterocycles. The van der Waals surface area contributed by atoms with E-state index in [1.54, 1.807) is 18.2 Å². The number of para-hydroxylation sites is 1. The maximum Gasteiger partial charge on any atom is 0.261 e. The molecule has 4 nitrogen and oxygen atoms in total. The molecule has 0 radical (unpaired) electrons. The Morgan fingerprint density at radius 3 is 2.54 bits per heavy atom. The summed E-state index contributed by atoms with van der Waals surface area (Å²) in [5.41, 5.74) is 2.64. The molecule has 0 aliphatic carbocycles. The van der Waals surface area contributed by atoms with E-state index in [0.717, 1.165) is 34.0 Å². The average molecular weight is 383 g/mol. The zero-order valence-electron chi connectivity index (χ0n) is 14.0. The third-order valence-electron chi connectivity index (χ3n) is 4.20. The molecule has 132 valence electrons. The zero-order valence-corrected chi connectivity index (χ0v) is 15.6. The summed E-state index contributed by atoms with van der Waals surface area (Å²) in [4.78, 5) is 2.22. The summed E-state index contributed by atoms with van der Waals surface area (Å²) in [5, 5.41) is 3.25. The summed E-state index contributed by atoms with van der Waals surface area (Å²) in [6, 6.07) is 22.6. The van der Waals surface area contributed by atoms with Crippen LogP contribution in [-0.4, -0.2) is 15.0 Å². The van der Waals surface area contributed by atoms with Gasteiger partial charge in [-0.2, -0.15) is 0 Å². The van der Waals surface area contributed by atoms with Crippen molar-refractivity contribution >= 4 is 33.2 Å². The number of sulfonamides is 1. The zero-order chi connectivity index (χ0) is 18.0. The molecule has 3 aromatic carbocycles. The fourth-order valence-electron chi connectivity index (χ4n) is 2.91. The highest BCUT2D eigenvalue weighted by atomic mass is 32.2. The lowest BCUT2D eigenvalue weighted by atomic mass is 10.2. The first-order valence-corrected chi connectivity index (χ1v) is 10.6. The molecule has 0 fully saturated rings. The Balaban J connectivity index is 1.62. The van der Waals surface area contributed by atoms with Crippen LogP contribution in [0, 0.1) is 0 Å². The first-order valence-electron chi connectivity index (χ1n) is 8.33. The van der Waals surface area contributed by atoms with Crippen molar-refractivity contribution in [1.29, 1.82) is 0 Å². The van der Waals surface area contributed by atoms with Crippen molar-refractivity contribution < 1.29 is 8.42 Å². The van der Waals surface area contributed by atoms with Gasteiger partial charge in [-0.05, 0) is 54.4 Å². The summed E-state index contributed by atoms with van der Waals surface area (Å²) in [5.74, 6) is 0. The number of benzene rings is 3.